The van der Waals surface area contributed by atoms with E-state index in [2.05, 4.69) is 23.1 Å². The van der Waals surface area contributed by atoms with E-state index in [1.165, 1.54) is 0 Å². The van der Waals surface area contributed by atoms with Gasteiger partial charge in [-0.25, -0.2) is 0 Å². The maximum atomic E-state index is 12.1. The third-order valence-corrected chi connectivity index (χ3v) is 3.21. The van der Waals surface area contributed by atoms with E-state index in [9.17, 15) is 4.79 Å². The molecule has 0 spiro atoms. The number of ether oxygens (including phenoxy) is 1. The van der Waals surface area contributed by atoms with E-state index in [1.54, 1.807) is 0 Å². The summed E-state index contributed by atoms with van der Waals surface area (Å²) in [7, 11) is 4.03. The zero-order valence-corrected chi connectivity index (χ0v) is 13.4. The fraction of sp³-hybridized carbons (Fsp3) is 0.389. The number of anilines is 1. The second kappa shape index (κ2) is 5.76. The normalized spacial score (nSPS) is 11.5. The highest BCUT2D eigenvalue weighted by atomic mass is 16.6. The topological polar surface area (TPSA) is 29.5 Å². The van der Waals surface area contributed by atoms with Gasteiger partial charge in [0.1, 0.15) is 5.60 Å². The van der Waals surface area contributed by atoms with Crippen molar-refractivity contribution in [2.24, 2.45) is 0 Å². The Labute approximate surface area is 126 Å². The van der Waals surface area contributed by atoms with E-state index in [0.717, 1.165) is 22.0 Å². The fourth-order valence-corrected chi connectivity index (χ4v) is 2.45. The Morgan fingerprint density at radius 2 is 1.71 bits per heavy atom. The zero-order valence-electron chi connectivity index (χ0n) is 13.4. The first-order valence-electron chi connectivity index (χ1n) is 7.18. The summed E-state index contributed by atoms with van der Waals surface area (Å²) in [5.41, 5.74) is 1.67. The molecule has 0 amide bonds. The molecule has 2 aromatic carbocycles. The van der Waals surface area contributed by atoms with E-state index >= 15 is 0 Å². The lowest BCUT2D eigenvalue weighted by molar-refractivity contribution is -0.153. The van der Waals surface area contributed by atoms with Crippen molar-refractivity contribution < 1.29 is 9.53 Å². The highest BCUT2D eigenvalue weighted by Crippen LogP contribution is 2.29. The van der Waals surface area contributed by atoms with Gasteiger partial charge in [-0.3, -0.25) is 4.79 Å². The van der Waals surface area contributed by atoms with Crippen molar-refractivity contribution in [2.45, 2.75) is 32.8 Å². The molecule has 3 heteroatoms. The van der Waals surface area contributed by atoms with Crippen LogP contribution in [0.1, 0.15) is 26.3 Å². The lowest BCUT2D eigenvalue weighted by Crippen LogP contribution is -2.25. The molecule has 0 aromatic heterocycles. The third kappa shape index (κ3) is 3.75. The predicted molar refractivity (Wildman–Crippen MR) is 87.8 cm³/mol. The number of esters is 1. The molecule has 0 unspecified atom stereocenters. The highest BCUT2D eigenvalue weighted by Gasteiger charge is 2.18. The van der Waals surface area contributed by atoms with Crippen molar-refractivity contribution in [1.29, 1.82) is 0 Å². The quantitative estimate of drug-likeness (QED) is 0.804. The second-order valence-electron chi connectivity index (χ2n) is 6.45. The first-order valence-corrected chi connectivity index (χ1v) is 7.18. The number of hydrogen-bond donors (Lipinski definition) is 0. The van der Waals surface area contributed by atoms with Crippen molar-refractivity contribution >= 4 is 22.4 Å². The van der Waals surface area contributed by atoms with Crippen molar-refractivity contribution in [3.05, 3.63) is 42.0 Å². The Hall–Kier alpha value is -2.03. The molecule has 0 aliphatic heterocycles. The molecule has 0 saturated heterocycles. The van der Waals surface area contributed by atoms with Gasteiger partial charge in [0.05, 0.1) is 6.42 Å². The van der Waals surface area contributed by atoms with Crippen LogP contribution in [0.2, 0.25) is 0 Å². The molecule has 21 heavy (non-hydrogen) atoms. The lowest BCUT2D eigenvalue weighted by Gasteiger charge is -2.21. The molecular weight excluding hydrogens is 262 g/mol. The zero-order chi connectivity index (χ0) is 15.6. The summed E-state index contributed by atoms with van der Waals surface area (Å²) in [6, 6.07) is 12.2. The van der Waals surface area contributed by atoms with Gasteiger partial charge in [-0.1, -0.05) is 30.3 Å². The van der Waals surface area contributed by atoms with Crippen LogP contribution in [-0.2, 0) is 16.0 Å². The van der Waals surface area contributed by atoms with E-state index < -0.39 is 5.60 Å². The van der Waals surface area contributed by atoms with Crippen molar-refractivity contribution in [3.8, 4) is 0 Å². The Morgan fingerprint density at radius 3 is 2.29 bits per heavy atom. The first kappa shape index (κ1) is 15.4. The molecule has 0 atom stereocenters. The van der Waals surface area contributed by atoms with E-state index in [4.69, 9.17) is 4.74 Å². The average molecular weight is 285 g/mol. The van der Waals surface area contributed by atoms with Crippen LogP contribution in [0.15, 0.2) is 36.4 Å². The summed E-state index contributed by atoms with van der Waals surface area (Å²) in [6.07, 6.45) is 0.291. The molecule has 0 aliphatic rings. The van der Waals surface area contributed by atoms with Crippen LogP contribution in [0.5, 0.6) is 0 Å². The summed E-state index contributed by atoms with van der Waals surface area (Å²) >= 11 is 0. The maximum absolute atomic E-state index is 12.1. The van der Waals surface area contributed by atoms with Crippen LogP contribution in [-0.4, -0.2) is 25.7 Å². The van der Waals surface area contributed by atoms with Crippen molar-refractivity contribution in [2.75, 3.05) is 19.0 Å². The Bertz CT molecular complexity index is 649. The largest absolute Gasteiger partial charge is 0.460 e. The molecule has 0 radical (unpaired) electrons. The minimum Gasteiger partial charge on any atom is -0.460 e. The van der Waals surface area contributed by atoms with Crippen LogP contribution in [0, 0.1) is 0 Å². The van der Waals surface area contributed by atoms with Gasteiger partial charge in [-0.15, -0.1) is 0 Å². The molecule has 112 valence electrons. The summed E-state index contributed by atoms with van der Waals surface area (Å²) < 4.78 is 5.44. The Balaban J connectivity index is 2.42. The van der Waals surface area contributed by atoms with Crippen LogP contribution in [0.25, 0.3) is 10.8 Å². The van der Waals surface area contributed by atoms with Gasteiger partial charge in [0.2, 0.25) is 0 Å². The van der Waals surface area contributed by atoms with E-state index in [-0.39, 0.29) is 5.97 Å². The van der Waals surface area contributed by atoms with Gasteiger partial charge in [0.25, 0.3) is 0 Å². The van der Waals surface area contributed by atoms with Gasteiger partial charge in [0, 0.05) is 25.2 Å². The molecule has 0 heterocycles. The molecule has 0 N–H and O–H groups in total. The highest BCUT2D eigenvalue weighted by molar-refractivity contribution is 5.98. The van der Waals surface area contributed by atoms with Gasteiger partial charge < -0.3 is 9.64 Å². The number of fused-ring (bicyclic) bond motifs is 1. The van der Waals surface area contributed by atoms with Crippen LogP contribution < -0.4 is 4.90 Å². The minimum atomic E-state index is -0.452. The average Bonchev–Trinajstić information content (AvgIpc) is 2.35. The molecule has 3 nitrogen and oxygen atoms in total. The first-order chi connectivity index (χ1) is 9.78. The second-order valence-corrected chi connectivity index (χ2v) is 6.45. The SMILES string of the molecule is CN(C)c1cccc2cccc(CC(=O)OC(C)(C)C)c12. The van der Waals surface area contributed by atoms with Gasteiger partial charge >= 0.3 is 5.97 Å². The van der Waals surface area contributed by atoms with Gasteiger partial charge in [-0.2, -0.15) is 0 Å². The van der Waals surface area contributed by atoms with Crippen LogP contribution >= 0.6 is 0 Å². The number of carbonyl (C=O) groups is 1. The fourth-order valence-electron chi connectivity index (χ4n) is 2.45. The third-order valence-electron chi connectivity index (χ3n) is 3.21. The Morgan fingerprint density at radius 1 is 1.10 bits per heavy atom. The van der Waals surface area contributed by atoms with Crippen molar-refractivity contribution in [3.63, 3.8) is 0 Å². The molecule has 0 saturated carbocycles. The van der Waals surface area contributed by atoms with Crippen LogP contribution in [0.3, 0.4) is 0 Å². The van der Waals surface area contributed by atoms with E-state index in [1.807, 2.05) is 53.1 Å². The van der Waals surface area contributed by atoms with Crippen LogP contribution in [0.4, 0.5) is 5.69 Å². The number of carbonyl (C=O) groups excluding carboxylic acids is 1. The summed E-state index contributed by atoms with van der Waals surface area (Å²) in [5.74, 6) is -0.191. The molecule has 2 rings (SSSR count). The summed E-state index contributed by atoms with van der Waals surface area (Å²) in [6.45, 7) is 5.66. The standard InChI is InChI=1S/C18H23NO2/c1-18(2,3)21-16(20)12-14-10-6-8-13-9-7-11-15(17(13)14)19(4)5/h6-11H,12H2,1-5H3. The van der Waals surface area contributed by atoms with Gasteiger partial charge in [0.15, 0.2) is 0 Å². The molecular formula is C18H23NO2. The van der Waals surface area contributed by atoms with Gasteiger partial charge in [-0.05, 0) is 37.8 Å². The summed E-state index contributed by atoms with van der Waals surface area (Å²) in [4.78, 5) is 14.2. The monoisotopic (exact) mass is 285 g/mol. The molecule has 2 aromatic rings. The molecule has 0 bridgehead atoms. The van der Waals surface area contributed by atoms with Crippen molar-refractivity contribution in [1.82, 2.24) is 0 Å². The predicted octanol–water partition coefficient (Wildman–Crippen LogP) is 3.79. The Kier molecular flexibility index (Phi) is 4.21. The van der Waals surface area contributed by atoms with E-state index in [0.29, 0.717) is 6.42 Å². The number of nitrogens with zero attached hydrogens (tertiary/aromatic N) is 1. The number of benzene rings is 2. The number of rotatable bonds is 3. The maximum Gasteiger partial charge on any atom is 0.310 e. The number of hydrogen-bond acceptors (Lipinski definition) is 3. The smallest absolute Gasteiger partial charge is 0.310 e. The lowest BCUT2D eigenvalue weighted by atomic mass is 10.00. The molecule has 0 fully saturated rings. The minimum absolute atomic E-state index is 0.191. The summed E-state index contributed by atoms with van der Waals surface area (Å²) in [5, 5.41) is 2.26. The molecule has 0 aliphatic carbocycles.